The van der Waals surface area contributed by atoms with Crippen molar-refractivity contribution in [2.75, 3.05) is 0 Å². The molecule has 0 saturated carbocycles. The van der Waals surface area contributed by atoms with Crippen molar-refractivity contribution in [2.24, 2.45) is 0 Å². The summed E-state index contributed by atoms with van der Waals surface area (Å²) >= 11 is 0. The number of halogens is 3. The van der Waals surface area contributed by atoms with Crippen LogP contribution in [-0.2, 0) is 6.61 Å². The fraction of sp³-hybridized carbons (Fsp3) is 0.133. The first-order chi connectivity index (χ1) is 9.49. The molecule has 0 saturated heterocycles. The number of ketones is 1. The fourth-order valence-corrected chi connectivity index (χ4v) is 1.66. The van der Waals surface area contributed by atoms with Crippen molar-refractivity contribution >= 4 is 5.78 Å². The highest BCUT2D eigenvalue weighted by Crippen LogP contribution is 2.21. The van der Waals surface area contributed by atoms with Gasteiger partial charge < -0.3 is 4.74 Å². The molecule has 2 aromatic carbocycles. The Labute approximate surface area is 113 Å². The van der Waals surface area contributed by atoms with Gasteiger partial charge in [0.15, 0.2) is 17.3 Å². The molecule has 0 aromatic heterocycles. The highest BCUT2D eigenvalue weighted by molar-refractivity contribution is 5.94. The van der Waals surface area contributed by atoms with Gasteiger partial charge in [-0.2, -0.15) is 0 Å². The zero-order valence-electron chi connectivity index (χ0n) is 10.6. The van der Waals surface area contributed by atoms with E-state index in [1.54, 1.807) is 0 Å². The van der Waals surface area contributed by atoms with Crippen LogP contribution >= 0.6 is 0 Å². The van der Waals surface area contributed by atoms with Gasteiger partial charge in [0.1, 0.15) is 18.2 Å². The maximum atomic E-state index is 13.6. The SMILES string of the molecule is CC(=O)c1ccc(OCc2c(F)cccc2F)c(F)c1. The minimum absolute atomic E-state index is 0.169. The second-order valence-electron chi connectivity index (χ2n) is 4.19. The number of ether oxygens (including phenoxy) is 1. The van der Waals surface area contributed by atoms with Crippen LogP contribution in [0.4, 0.5) is 13.2 Å². The Hall–Kier alpha value is -2.30. The second kappa shape index (κ2) is 5.77. The molecular formula is C15H11F3O2. The van der Waals surface area contributed by atoms with E-state index in [9.17, 15) is 18.0 Å². The smallest absolute Gasteiger partial charge is 0.165 e. The predicted molar refractivity (Wildman–Crippen MR) is 67.1 cm³/mol. The van der Waals surface area contributed by atoms with E-state index < -0.39 is 24.1 Å². The van der Waals surface area contributed by atoms with Crippen LogP contribution in [0.3, 0.4) is 0 Å². The van der Waals surface area contributed by atoms with E-state index in [2.05, 4.69) is 0 Å². The van der Waals surface area contributed by atoms with Gasteiger partial charge in [0.25, 0.3) is 0 Å². The Morgan fingerprint density at radius 3 is 2.25 bits per heavy atom. The highest BCUT2D eigenvalue weighted by Gasteiger charge is 2.12. The van der Waals surface area contributed by atoms with Crippen molar-refractivity contribution < 1.29 is 22.7 Å². The van der Waals surface area contributed by atoms with Gasteiger partial charge in [0.2, 0.25) is 0 Å². The third-order valence-electron chi connectivity index (χ3n) is 2.77. The Bertz CT molecular complexity index is 633. The topological polar surface area (TPSA) is 26.3 Å². The maximum absolute atomic E-state index is 13.6. The van der Waals surface area contributed by atoms with E-state index in [1.165, 1.54) is 25.1 Å². The lowest BCUT2D eigenvalue weighted by Crippen LogP contribution is -2.03. The summed E-state index contributed by atoms with van der Waals surface area (Å²) in [6.07, 6.45) is 0. The second-order valence-corrected chi connectivity index (χ2v) is 4.19. The minimum atomic E-state index is -0.759. The van der Waals surface area contributed by atoms with Gasteiger partial charge in [0.05, 0.1) is 5.56 Å². The summed E-state index contributed by atoms with van der Waals surface area (Å²) in [6, 6.07) is 7.09. The van der Waals surface area contributed by atoms with Crippen LogP contribution in [0.15, 0.2) is 36.4 Å². The molecule has 5 heteroatoms. The molecule has 2 nitrogen and oxygen atoms in total. The molecule has 2 rings (SSSR count). The third kappa shape index (κ3) is 2.99. The normalized spacial score (nSPS) is 10.4. The van der Waals surface area contributed by atoms with Gasteiger partial charge >= 0.3 is 0 Å². The van der Waals surface area contributed by atoms with Gasteiger partial charge in [-0.15, -0.1) is 0 Å². The van der Waals surface area contributed by atoms with Gasteiger partial charge in [-0.1, -0.05) is 6.07 Å². The van der Waals surface area contributed by atoms with Crippen molar-refractivity contribution in [1.82, 2.24) is 0 Å². The van der Waals surface area contributed by atoms with E-state index in [1.807, 2.05) is 0 Å². The van der Waals surface area contributed by atoms with E-state index in [4.69, 9.17) is 4.74 Å². The Kier molecular flexibility index (Phi) is 4.08. The summed E-state index contributed by atoms with van der Waals surface area (Å²) in [5.41, 5.74) is -0.0746. The number of benzene rings is 2. The molecule has 0 fully saturated rings. The molecule has 0 aliphatic carbocycles. The lowest BCUT2D eigenvalue weighted by atomic mass is 10.1. The lowest BCUT2D eigenvalue weighted by molar-refractivity contribution is 0.101. The first-order valence-electron chi connectivity index (χ1n) is 5.85. The number of carbonyl (C=O) groups excluding carboxylic acids is 1. The first kappa shape index (κ1) is 14.1. The van der Waals surface area contributed by atoms with Crippen molar-refractivity contribution in [3.63, 3.8) is 0 Å². The maximum Gasteiger partial charge on any atom is 0.165 e. The molecule has 0 unspecified atom stereocenters. The van der Waals surface area contributed by atoms with Crippen molar-refractivity contribution in [3.8, 4) is 5.75 Å². The fourth-order valence-electron chi connectivity index (χ4n) is 1.66. The predicted octanol–water partition coefficient (Wildman–Crippen LogP) is 3.89. The molecule has 0 heterocycles. The van der Waals surface area contributed by atoms with Gasteiger partial charge in [0, 0.05) is 5.56 Å². The molecule has 0 bridgehead atoms. The summed E-state index contributed by atoms with van der Waals surface area (Å²) < 4.78 is 45.4. The molecule has 0 amide bonds. The van der Waals surface area contributed by atoms with E-state index in [-0.39, 0.29) is 22.7 Å². The summed E-state index contributed by atoms with van der Waals surface area (Å²) in [7, 11) is 0. The van der Waals surface area contributed by atoms with Crippen LogP contribution in [0.5, 0.6) is 5.75 Å². The van der Waals surface area contributed by atoms with Crippen LogP contribution in [0.1, 0.15) is 22.8 Å². The number of hydrogen-bond donors (Lipinski definition) is 0. The van der Waals surface area contributed by atoms with Crippen molar-refractivity contribution in [2.45, 2.75) is 13.5 Å². The Morgan fingerprint density at radius 2 is 1.70 bits per heavy atom. The van der Waals surface area contributed by atoms with Gasteiger partial charge in [-0.05, 0) is 37.3 Å². The quantitative estimate of drug-likeness (QED) is 0.794. The van der Waals surface area contributed by atoms with Crippen LogP contribution in [0, 0.1) is 17.5 Å². The number of hydrogen-bond acceptors (Lipinski definition) is 2. The van der Waals surface area contributed by atoms with E-state index in [0.717, 1.165) is 18.2 Å². The Morgan fingerprint density at radius 1 is 1.05 bits per heavy atom. The summed E-state index contributed by atoms with van der Waals surface area (Å²) in [6.45, 7) is 0.874. The highest BCUT2D eigenvalue weighted by atomic mass is 19.1. The molecule has 20 heavy (non-hydrogen) atoms. The van der Waals surface area contributed by atoms with E-state index >= 15 is 0 Å². The van der Waals surface area contributed by atoms with Crippen LogP contribution in [0.2, 0.25) is 0 Å². The van der Waals surface area contributed by atoms with Crippen LogP contribution in [0.25, 0.3) is 0 Å². The van der Waals surface area contributed by atoms with Crippen LogP contribution < -0.4 is 4.74 Å². The number of Topliss-reactive ketones (excluding diaryl/α,β-unsaturated/α-hetero) is 1. The molecule has 0 atom stereocenters. The number of carbonyl (C=O) groups is 1. The van der Waals surface area contributed by atoms with Crippen molar-refractivity contribution in [1.29, 1.82) is 0 Å². The average Bonchev–Trinajstić information content (AvgIpc) is 2.39. The third-order valence-corrected chi connectivity index (χ3v) is 2.77. The summed E-state index contributed by atoms with van der Waals surface area (Å²) in [5.74, 6) is -2.72. The molecule has 0 radical (unpaired) electrons. The Balaban J connectivity index is 2.17. The lowest BCUT2D eigenvalue weighted by Gasteiger charge is -2.09. The molecule has 0 aliphatic rings. The standard InChI is InChI=1S/C15H11F3O2/c1-9(19)10-5-6-15(14(18)7-10)20-8-11-12(16)3-2-4-13(11)17/h2-7H,8H2,1H3. The monoisotopic (exact) mass is 280 g/mol. The van der Waals surface area contributed by atoms with Crippen molar-refractivity contribution in [3.05, 3.63) is 65.0 Å². The molecule has 104 valence electrons. The zero-order valence-corrected chi connectivity index (χ0v) is 10.6. The first-order valence-corrected chi connectivity index (χ1v) is 5.85. The molecule has 0 aliphatic heterocycles. The molecule has 0 spiro atoms. The molecular weight excluding hydrogens is 269 g/mol. The van der Waals surface area contributed by atoms with Gasteiger partial charge in [-0.25, -0.2) is 13.2 Å². The van der Waals surface area contributed by atoms with Gasteiger partial charge in [-0.3, -0.25) is 4.79 Å². The zero-order chi connectivity index (χ0) is 14.7. The summed E-state index contributed by atoms with van der Waals surface area (Å²) in [4.78, 5) is 11.1. The molecule has 0 N–H and O–H groups in total. The molecule has 2 aromatic rings. The largest absolute Gasteiger partial charge is 0.486 e. The minimum Gasteiger partial charge on any atom is -0.486 e. The number of rotatable bonds is 4. The average molecular weight is 280 g/mol. The van der Waals surface area contributed by atoms with E-state index in [0.29, 0.717) is 0 Å². The summed E-state index contributed by atoms with van der Waals surface area (Å²) in [5, 5.41) is 0. The van der Waals surface area contributed by atoms with Crippen LogP contribution in [-0.4, -0.2) is 5.78 Å².